The second kappa shape index (κ2) is 7.81. The van der Waals surface area contributed by atoms with Crippen LogP contribution in [0.2, 0.25) is 0 Å². The van der Waals surface area contributed by atoms with Crippen LogP contribution < -0.4 is 15.0 Å². The van der Waals surface area contributed by atoms with Crippen LogP contribution >= 0.6 is 0 Å². The number of hydrogen-bond donors (Lipinski definition) is 1. The van der Waals surface area contributed by atoms with Crippen LogP contribution in [0.1, 0.15) is 37.8 Å². The molecule has 0 bridgehead atoms. The molecular weight excluding hydrogens is 324 g/mol. The lowest BCUT2D eigenvalue weighted by Crippen LogP contribution is -2.38. The summed E-state index contributed by atoms with van der Waals surface area (Å²) in [5.74, 6) is 1.39. The van der Waals surface area contributed by atoms with E-state index in [9.17, 15) is 4.79 Å². The van der Waals surface area contributed by atoms with Gasteiger partial charge in [-0.1, -0.05) is 45.0 Å². The highest BCUT2D eigenvalue weighted by Crippen LogP contribution is 2.31. The molecule has 0 spiro atoms. The summed E-state index contributed by atoms with van der Waals surface area (Å²) < 4.78 is 6.11. The van der Waals surface area contributed by atoms with Gasteiger partial charge in [-0.25, -0.2) is 0 Å². The van der Waals surface area contributed by atoms with Gasteiger partial charge in [-0.15, -0.1) is 0 Å². The zero-order chi connectivity index (χ0) is 18.7. The standard InChI is InChI=1S/C22H28N2O2/c1-15(2)18-10-9-16(3)13-21(18)26-12-11-24-20-8-6-5-7-19(20)23-14-17(4)22(24)25/h5-10,13,15,17,23H,11-12,14H2,1-4H3/t17-/m1/s1. The number of carbonyl (C=O) groups is 1. The average molecular weight is 352 g/mol. The van der Waals surface area contributed by atoms with E-state index in [1.807, 2.05) is 36.1 Å². The highest BCUT2D eigenvalue weighted by Gasteiger charge is 2.27. The quantitative estimate of drug-likeness (QED) is 0.855. The van der Waals surface area contributed by atoms with E-state index in [2.05, 4.69) is 44.3 Å². The molecule has 1 aliphatic rings. The van der Waals surface area contributed by atoms with Crippen molar-refractivity contribution in [1.29, 1.82) is 0 Å². The zero-order valence-corrected chi connectivity index (χ0v) is 16.1. The number of para-hydroxylation sites is 2. The van der Waals surface area contributed by atoms with Crippen molar-refractivity contribution in [2.75, 3.05) is 29.9 Å². The van der Waals surface area contributed by atoms with Gasteiger partial charge in [0.2, 0.25) is 5.91 Å². The fourth-order valence-corrected chi connectivity index (χ4v) is 3.31. The normalized spacial score (nSPS) is 16.9. The molecule has 0 radical (unpaired) electrons. The van der Waals surface area contributed by atoms with Crippen molar-refractivity contribution in [3.63, 3.8) is 0 Å². The fourth-order valence-electron chi connectivity index (χ4n) is 3.31. The molecule has 1 atom stereocenters. The minimum atomic E-state index is -0.0624. The summed E-state index contributed by atoms with van der Waals surface area (Å²) in [6.07, 6.45) is 0. The van der Waals surface area contributed by atoms with Gasteiger partial charge in [-0.05, 0) is 42.2 Å². The van der Waals surface area contributed by atoms with Gasteiger partial charge in [-0.2, -0.15) is 0 Å². The molecule has 0 saturated carbocycles. The molecule has 0 unspecified atom stereocenters. The van der Waals surface area contributed by atoms with E-state index in [0.29, 0.717) is 25.6 Å². The number of hydrogen-bond acceptors (Lipinski definition) is 3. The summed E-state index contributed by atoms with van der Waals surface area (Å²) in [5, 5.41) is 3.37. The first-order valence-corrected chi connectivity index (χ1v) is 9.35. The van der Waals surface area contributed by atoms with E-state index in [1.165, 1.54) is 11.1 Å². The smallest absolute Gasteiger partial charge is 0.231 e. The van der Waals surface area contributed by atoms with Crippen molar-refractivity contribution >= 4 is 17.3 Å². The molecule has 0 fully saturated rings. The minimum Gasteiger partial charge on any atom is -0.491 e. The van der Waals surface area contributed by atoms with Crippen LogP contribution in [0.4, 0.5) is 11.4 Å². The molecule has 1 aliphatic heterocycles. The Balaban J connectivity index is 1.77. The van der Waals surface area contributed by atoms with Gasteiger partial charge in [0.25, 0.3) is 0 Å². The van der Waals surface area contributed by atoms with Gasteiger partial charge >= 0.3 is 0 Å². The van der Waals surface area contributed by atoms with Crippen LogP contribution in [0.25, 0.3) is 0 Å². The Bertz CT molecular complexity index is 785. The zero-order valence-electron chi connectivity index (χ0n) is 16.1. The van der Waals surface area contributed by atoms with Gasteiger partial charge < -0.3 is 15.0 Å². The number of nitrogens with zero attached hydrogens (tertiary/aromatic N) is 1. The Labute approximate surface area is 156 Å². The third-order valence-corrected chi connectivity index (χ3v) is 4.84. The number of amides is 1. The van der Waals surface area contributed by atoms with Gasteiger partial charge in [0, 0.05) is 6.54 Å². The van der Waals surface area contributed by atoms with Crippen molar-refractivity contribution < 1.29 is 9.53 Å². The Hall–Kier alpha value is -2.49. The molecule has 1 amide bonds. The van der Waals surface area contributed by atoms with E-state index >= 15 is 0 Å². The van der Waals surface area contributed by atoms with E-state index in [1.54, 1.807) is 0 Å². The molecule has 138 valence electrons. The molecule has 1 N–H and O–H groups in total. The van der Waals surface area contributed by atoms with Gasteiger partial charge in [-0.3, -0.25) is 4.79 Å². The van der Waals surface area contributed by atoms with Crippen LogP contribution in [0.3, 0.4) is 0 Å². The molecule has 2 aromatic rings. The number of carbonyl (C=O) groups excluding carboxylic acids is 1. The van der Waals surface area contributed by atoms with Crippen molar-refractivity contribution in [2.24, 2.45) is 5.92 Å². The van der Waals surface area contributed by atoms with Gasteiger partial charge in [0.05, 0.1) is 23.8 Å². The number of nitrogens with one attached hydrogen (secondary N) is 1. The maximum atomic E-state index is 12.8. The second-order valence-corrected chi connectivity index (χ2v) is 7.33. The molecule has 4 heteroatoms. The second-order valence-electron chi connectivity index (χ2n) is 7.33. The summed E-state index contributed by atoms with van der Waals surface area (Å²) in [7, 11) is 0. The van der Waals surface area contributed by atoms with E-state index in [0.717, 1.165) is 17.1 Å². The predicted octanol–water partition coefficient (Wildman–Crippen LogP) is 4.59. The number of rotatable bonds is 5. The largest absolute Gasteiger partial charge is 0.491 e. The first kappa shape index (κ1) is 18.3. The molecule has 26 heavy (non-hydrogen) atoms. The average Bonchev–Trinajstić information content (AvgIpc) is 2.73. The van der Waals surface area contributed by atoms with Gasteiger partial charge in [0.1, 0.15) is 12.4 Å². The molecule has 0 saturated heterocycles. The summed E-state index contributed by atoms with van der Waals surface area (Å²) >= 11 is 0. The van der Waals surface area contributed by atoms with Crippen LogP contribution in [0.5, 0.6) is 5.75 Å². The van der Waals surface area contributed by atoms with Crippen LogP contribution in [-0.4, -0.2) is 25.6 Å². The maximum absolute atomic E-state index is 12.8. The minimum absolute atomic E-state index is 0.0624. The number of ether oxygens (including phenoxy) is 1. The third kappa shape index (κ3) is 3.85. The van der Waals surface area contributed by atoms with Crippen molar-refractivity contribution in [3.05, 3.63) is 53.6 Å². The van der Waals surface area contributed by atoms with E-state index in [-0.39, 0.29) is 11.8 Å². The van der Waals surface area contributed by atoms with Crippen LogP contribution in [-0.2, 0) is 4.79 Å². The number of fused-ring (bicyclic) bond motifs is 1. The fraction of sp³-hybridized carbons (Fsp3) is 0.409. The highest BCUT2D eigenvalue weighted by molar-refractivity contribution is 5.99. The lowest BCUT2D eigenvalue weighted by Gasteiger charge is -2.24. The first-order chi connectivity index (χ1) is 12.5. The molecular formula is C22H28N2O2. The number of anilines is 2. The molecule has 0 aromatic heterocycles. The summed E-state index contributed by atoms with van der Waals surface area (Å²) in [5.41, 5.74) is 4.31. The van der Waals surface area contributed by atoms with Crippen LogP contribution in [0.15, 0.2) is 42.5 Å². The Morgan fingerprint density at radius 1 is 1.23 bits per heavy atom. The Morgan fingerprint density at radius 2 is 2.00 bits per heavy atom. The summed E-state index contributed by atoms with van der Waals surface area (Å²) in [4.78, 5) is 14.7. The highest BCUT2D eigenvalue weighted by atomic mass is 16.5. The molecule has 4 nitrogen and oxygen atoms in total. The van der Waals surface area contributed by atoms with Crippen molar-refractivity contribution in [1.82, 2.24) is 0 Å². The lowest BCUT2D eigenvalue weighted by atomic mass is 10.0. The monoisotopic (exact) mass is 352 g/mol. The Kier molecular flexibility index (Phi) is 5.50. The topological polar surface area (TPSA) is 41.6 Å². The number of benzene rings is 2. The first-order valence-electron chi connectivity index (χ1n) is 9.35. The predicted molar refractivity (Wildman–Crippen MR) is 107 cm³/mol. The van der Waals surface area contributed by atoms with Crippen LogP contribution in [0, 0.1) is 12.8 Å². The summed E-state index contributed by atoms with van der Waals surface area (Å²) in [6.45, 7) is 10.0. The summed E-state index contributed by atoms with van der Waals surface area (Å²) in [6, 6.07) is 14.3. The number of aryl methyl sites for hydroxylation is 1. The Morgan fingerprint density at radius 3 is 2.77 bits per heavy atom. The van der Waals surface area contributed by atoms with Crippen molar-refractivity contribution in [3.8, 4) is 5.75 Å². The molecule has 1 heterocycles. The lowest BCUT2D eigenvalue weighted by molar-refractivity contribution is -0.121. The molecule has 3 rings (SSSR count). The van der Waals surface area contributed by atoms with E-state index < -0.39 is 0 Å². The third-order valence-electron chi connectivity index (χ3n) is 4.84. The maximum Gasteiger partial charge on any atom is 0.231 e. The van der Waals surface area contributed by atoms with Gasteiger partial charge in [0.15, 0.2) is 0 Å². The SMILES string of the molecule is Cc1ccc(C(C)C)c(OCCN2C(=O)[C@H](C)CNc3ccccc32)c1. The van der Waals surface area contributed by atoms with E-state index in [4.69, 9.17) is 4.74 Å². The molecule has 2 aromatic carbocycles. The molecule has 0 aliphatic carbocycles. The van der Waals surface area contributed by atoms with Crippen molar-refractivity contribution in [2.45, 2.75) is 33.6 Å².